The van der Waals surface area contributed by atoms with E-state index in [4.69, 9.17) is 9.47 Å². The van der Waals surface area contributed by atoms with Crippen molar-refractivity contribution in [1.82, 2.24) is 9.97 Å². The molecule has 0 spiro atoms. The number of amides is 1. The number of hydrogen-bond donors (Lipinski definition) is 2. The van der Waals surface area contributed by atoms with E-state index in [0.717, 1.165) is 5.69 Å². The zero-order valence-electron chi connectivity index (χ0n) is 13.9. The van der Waals surface area contributed by atoms with Crippen LogP contribution in [-0.4, -0.2) is 35.1 Å². The van der Waals surface area contributed by atoms with Crippen molar-refractivity contribution in [2.24, 2.45) is 0 Å². The molecule has 0 saturated heterocycles. The highest BCUT2D eigenvalue weighted by Crippen LogP contribution is 2.32. The van der Waals surface area contributed by atoms with Crippen LogP contribution in [0.25, 0.3) is 0 Å². The fourth-order valence-corrected chi connectivity index (χ4v) is 2.32. The Kier molecular flexibility index (Phi) is 4.50. The van der Waals surface area contributed by atoms with E-state index in [0.29, 0.717) is 42.0 Å². The highest BCUT2D eigenvalue weighted by atomic mass is 16.6. The molecule has 2 heterocycles. The molecule has 1 aromatic carbocycles. The first-order valence-corrected chi connectivity index (χ1v) is 7.84. The van der Waals surface area contributed by atoms with Crippen molar-refractivity contribution in [3.8, 4) is 11.5 Å². The Hall–Kier alpha value is -2.83. The van der Waals surface area contributed by atoms with E-state index in [-0.39, 0.29) is 11.9 Å². The molecule has 0 fully saturated rings. The molecule has 2 N–H and O–H groups in total. The van der Waals surface area contributed by atoms with Gasteiger partial charge in [0, 0.05) is 23.5 Å². The fraction of sp³-hybridized carbons (Fsp3) is 0.353. The number of carbonyl (C=O) groups is 1. The van der Waals surface area contributed by atoms with Crippen molar-refractivity contribution in [3.05, 3.63) is 35.7 Å². The standard InChI is InChI=1S/C17H20N4O3/c1-10(2)18-17-19-11(3)8-13(21-17)16(22)20-12-4-5-14-15(9-12)24-7-6-23-14/h4-5,8-10H,6-7H2,1-3H3,(H,20,22)(H,18,19,21). The highest BCUT2D eigenvalue weighted by molar-refractivity contribution is 6.03. The third-order valence-corrected chi connectivity index (χ3v) is 3.30. The summed E-state index contributed by atoms with van der Waals surface area (Å²) in [5.41, 5.74) is 1.65. The summed E-state index contributed by atoms with van der Waals surface area (Å²) in [5, 5.41) is 5.93. The molecule has 3 rings (SSSR count). The van der Waals surface area contributed by atoms with Gasteiger partial charge >= 0.3 is 0 Å². The van der Waals surface area contributed by atoms with Crippen molar-refractivity contribution in [2.45, 2.75) is 26.8 Å². The van der Waals surface area contributed by atoms with Crippen LogP contribution in [0.15, 0.2) is 24.3 Å². The van der Waals surface area contributed by atoms with E-state index < -0.39 is 0 Å². The van der Waals surface area contributed by atoms with Crippen LogP contribution < -0.4 is 20.1 Å². The molecule has 0 aliphatic carbocycles. The lowest BCUT2D eigenvalue weighted by Gasteiger charge is -2.19. The zero-order valence-corrected chi connectivity index (χ0v) is 13.9. The van der Waals surface area contributed by atoms with Gasteiger partial charge in [0.2, 0.25) is 5.95 Å². The fourth-order valence-electron chi connectivity index (χ4n) is 2.32. The summed E-state index contributed by atoms with van der Waals surface area (Å²) in [7, 11) is 0. The first-order valence-electron chi connectivity index (χ1n) is 7.84. The third kappa shape index (κ3) is 3.73. The number of hydrogen-bond acceptors (Lipinski definition) is 6. The number of aromatic nitrogens is 2. The normalized spacial score (nSPS) is 12.8. The summed E-state index contributed by atoms with van der Waals surface area (Å²) in [6.45, 7) is 6.83. The molecule has 1 amide bonds. The number of rotatable bonds is 4. The molecule has 0 saturated carbocycles. The maximum Gasteiger partial charge on any atom is 0.274 e. The monoisotopic (exact) mass is 328 g/mol. The van der Waals surface area contributed by atoms with E-state index in [1.165, 1.54) is 0 Å². The first-order chi connectivity index (χ1) is 11.5. The second kappa shape index (κ2) is 6.74. The number of ether oxygens (including phenoxy) is 2. The van der Waals surface area contributed by atoms with Gasteiger partial charge in [-0.25, -0.2) is 9.97 Å². The van der Waals surface area contributed by atoms with Crippen LogP contribution in [0.4, 0.5) is 11.6 Å². The van der Waals surface area contributed by atoms with Crippen LogP contribution in [0, 0.1) is 6.92 Å². The van der Waals surface area contributed by atoms with E-state index in [1.807, 2.05) is 20.8 Å². The SMILES string of the molecule is Cc1cc(C(=O)Nc2ccc3c(c2)OCCO3)nc(NC(C)C)n1. The Morgan fingerprint density at radius 2 is 1.88 bits per heavy atom. The van der Waals surface area contributed by atoms with Crippen LogP contribution in [0.3, 0.4) is 0 Å². The Labute approximate surface area is 140 Å². The van der Waals surface area contributed by atoms with Gasteiger partial charge in [0.25, 0.3) is 5.91 Å². The summed E-state index contributed by atoms with van der Waals surface area (Å²) in [6.07, 6.45) is 0. The summed E-state index contributed by atoms with van der Waals surface area (Å²) in [4.78, 5) is 21.0. The number of anilines is 2. The Morgan fingerprint density at radius 3 is 2.62 bits per heavy atom. The van der Waals surface area contributed by atoms with Crippen molar-refractivity contribution in [1.29, 1.82) is 0 Å². The quantitative estimate of drug-likeness (QED) is 0.897. The third-order valence-electron chi connectivity index (χ3n) is 3.30. The lowest BCUT2D eigenvalue weighted by atomic mass is 10.2. The van der Waals surface area contributed by atoms with Gasteiger partial charge in [-0.1, -0.05) is 0 Å². The minimum atomic E-state index is -0.302. The largest absolute Gasteiger partial charge is 0.486 e. The molecule has 1 aliphatic rings. The summed E-state index contributed by atoms with van der Waals surface area (Å²) < 4.78 is 11.0. The van der Waals surface area contributed by atoms with Gasteiger partial charge in [-0.2, -0.15) is 0 Å². The van der Waals surface area contributed by atoms with Crippen molar-refractivity contribution in [3.63, 3.8) is 0 Å². The Balaban J connectivity index is 1.78. The predicted molar refractivity (Wildman–Crippen MR) is 90.9 cm³/mol. The summed E-state index contributed by atoms with van der Waals surface area (Å²) in [6, 6.07) is 7.13. The molecule has 24 heavy (non-hydrogen) atoms. The minimum absolute atomic E-state index is 0.181. The Morgan fingerprint density at radius 1 is 1.12 bits per heavy atom. The number of fused-ring (bicyclic) bond motifs is 1. The minimum Gasteiger partial charge on any atom is -0.486 e. The lowest BCUT2D eigenvalue weighted by molar-refractivity contribution is 0.102. The summed E-state index contributed by atoms with van der Waals surface area (Å²) in [5.74, 6) is 1.45. The van der Waals surface area contributed by atoms with Gasteiger partial charge in [0.15, 0.2) is 11.5 Å². The van der Waals surface area contributed by atoms with Crippen molar-refractivity contribution in [2.75, 3.05) is 23.8 Å². The highest BCUT2D eigenvalue weighted by Gasteiger charge is 2.15. The van der Waals surface area contributed by atoms with Crippen LogP contribution in [-0.2, 0) is 0 Å². The molecule has 7 heteroatoms. The van der Waals surface area contributed by atoms with E-state index in [9.17, 15) is 4.79 Å². The van der Waals surface area contributed by atoms with Gasteiger partial charge in [-0.05, 0) is 39.0 Å². The number of aryl methyl sites for hydroxylation is 1. The molecular weight excluding hydrogens is 308 g/mol. The smallest absolute Gasteiger partial charge is 0.274 e. The van der Waals surface area contributed by atoms with Crippen LogP contribution >= 0.6 is 0 Å². The second-order valence-electron chi connectivity index (χ2n) is 5.83. The molecule has 2 aromatic rings. The number of benzene rings is 1. The first kappa shape index (κ1) is 16.0. The molecule has 1 aromatic heterocycles. The lowest BCUT2D eigenvalue weighted by Crippen LogP contribution is -2.19. The van der Waals surface area contributed by atoms with Crippen LogP contribution in [0.1, 0.15) is 30.0 Å². The zero-order chi connectivity index (χ0) is 17.1. The molecule has 0 radical (unpaired) electrons. The topological polar surface area (TPSA) is 85.4 Å². The molecule has 7 nitrogen and oxygen atoms in total. The Bertz CT molecular complexity index is 761. The van der Waals surface area contributed by atoms with Gasteiger partial charge in [0.1, 0.15) is 18.9 Å². The van der Waals surface area contributed by atoms with Gasteiger partial charge in [-0.15, -0.1) is 0 Å². The predicted octanol–water partition coefficient (Wildman–Crippen LogP) is 2.63. The second-order valence-corrected chi connectivity index (χ2v) is 5.83. The molecule has 0 atom stereocenters. The summed E-state index contributed by atoms with van der Waals surface area (Å²) >= 11 is 0. The average molecular weight is 328 g/mol. The molecule has 126 valence electrons. The van der Waals surface area contributed by atoms with Crippen LogP contribution in [0.2, 0.25) is 0 Å². The van der Waals surface area contributed by atoms with Gasteiger partial charge in [-0.3, -0.25) is 4.79 Å². The number of nitrogens with zero attached hydrogens (tertiary/aromatic N) is 2. The molecule has 0 unspecified atom stereocenters. The molecule has 0 bridgehead atoms. The number of carbonyl (C=O) groups excluding carboxylic acids is 1. The van der Waals surface area contributed by atoms with Crippen molar-refractivity contribution >= 4 is 17.5 Å². The molecular formula is C17H20N4O3. The molecule has 1 aliphatic heterocycles. The maximum absolute atomic E-state index is 12.5. The number of nitrogens with one attached hydrogen (secondary N) is 2. The van der Waals surface area contributed by atoms with Crippen LogP contribution in [0.5, 0.6) is 11.5 Å². The van der Waals surface area contributed by atoms with Gasteiger partial charge in [0.05, 0.1) is 0 Å². The maximum atomic E-state index is 12.5. The van der Waals surface area contributed by atoms with E-state index >= 15 is 0 Å². The van der Waals surface area contributed by atoms with E-state index in [2.05, 4.69) is 20.6 Å². The van der Waals surface area contributed by atoms with E-state index in [1.54, 1.807) is 24.3 Å². The van der Waals surface area contributed by atoms with Gasteiger partial charge < -0.3 is 20.1 Å². The average Bonchev–Trinajstić information content (AvgIpc) is 2.53. The van der Waals surface area contributed by atoms with Crippen molar-refractivity contribution < 1.29 is 14.3 Å².